The van der Waals surface area contributed by atoms with E-state index in [1.807, 2.05) is 0 Å². The SMILES string of the molecule is C=CC(=O)Nc1c(Nc2nc(Nc3cc(OC)ncc3C)ncc2C(F)(F)F)ccc(C)c1F. The number of hydrogen-bond acceptors (Lipinski definition) is 7. The highest BCUT2D eigenvalue weighted by Gasteiger charge is 2.35. The summed E-state index contributed by atoms with van der Waals surface area (Å²) in [5, 5.41) is 7.56. The van der Waals surface area contributed by atoms with Gasteiger partial charge in [0.1, 0.15) is 17.1 Å². The first kappa shape index (κ1) is 24.4. The maximum absolute atomic E-state index is 14.7. The number of benzene rings is 1. The van der Waals surface area contributed by atoms with Crippen LogP contribution >= 0.6 is 0 Å². The Labute approximate surface area is 192 Å². The normalized spacial score (nSPS) is 11.0. The van der Waals surface area contributed by atoms with E-state index in [2.05, 4.69) is 37.5 Å². The van der Waals surface area contributed by atoms with Crippen molar-refractivity contribution >= 4 is 34.7 Å². The summed E-state index contributed by atoms with van der Waals surface area (Å²) < 4.78 is 60.7. The molecule has 0 saturated heterocycles. The van der Waals surface area contributed by atoms with Gasteiger partial charge in [-0.2, -0.15) is 18.2 Å². The lowest BCUT2D eigenvalue weighted by molar-refractivity contribution is -0.137. The second kappa shape index (κ2) is 9.73. The van der Waals surface area contributed by atoms with Crippen LogP contribution in [0.15, 0.2) is 43.2 Å². The van der Waals surface area contributed by atoms with Crippen LogP contribution < -0.4 is 20.7 Å². The number of carbonyl (C=O) groups excluding carboxylic acids is 1. The lowest BCUT2D eigenvalue weighted by Gasteiger charge is -2.18. The first-order valence-corrected chi connectivity index (χ1v) is 9.75. The summed E-state index contributed by atoms with van der Waals surface area (Å²) in [6, 6.07) is 4.20. The van der Waals surface area contributed by atoms with Gasteiger partial charge in [-0.3, -0.25) is 4.79 Å². The molecule has 0 saturated carbocycles. The van der Waals surface area contributed by atoms with Crippen LogP contribution in [0.1, 0.15) is 16.7 Å². The van der Waals surface area contributed by atoms with Crippen molar-refractivity contribution in [3.8, 4) is 5.88 Å². The van der Waals surface area contributed by atoms with Gasteiger partial charge < -0.3 is 20.7 Å². The number of pyridine rings is 1. The topological polar surface area (TPSA) is 101 Å². The lowest BCUT2D eigenvalue weighted by Crippen LogP contribution is -2.15. The molecule has 0 spiro atoms. The van der Waals surface area contributed by atoms with E-state index >= 15 is 0 Å². The van der Waals surface area contributed by atoms with E-state index in [1.54, 1.807) is 6.92 Å². The van der Waals surface area contributed by atoms with Crippen LogP contribution in [-0.2, 0) is 11.0 Å². The Morgan fingerprint density at radius 1 is 1.09 bits per heavy atom. The molecule has 0 aliphatic heterocycles. The molecule has 0 atom stereocenters. The van der Waals surface area contributed by atoms with Gasteiger partial charge in [0.2, 0.25) is 17.7 Å². The standard InChI is InChI=1S/C22H20F4N6O2/c1-5-16(33)31-19-14(7-6-11(2)18(19)23)29-20-13(22(24,25)26)10-28-21(32-20)30-15-8-17(34-4)27-9-12(15)3/h5-10H,1H2,2-4H3,(H,31,33)(H2,27,28,29,30,32). The van der Waals surface area contributed by atoms with Crippen LogP contribution in [0.4, 0.5) is 46.4 Å². The minimum Gasteiger partial charge on any atom is -0.481 e. The fraction of sp³-hybridized carbons (Fsp3) is 0.182. The molecular weight excluding hydrogens is 456 g/mol. The molecular formula is C22H20F4N6O2. The molecule has 0 fully saturated rings. The molecule has 34 heavy (non-hydrogen) atoms. The largest absolute Gasteiger partial charge is 0.481 e. The number of halogens is 4. The molecule has 2 aromatic heterocycles. The highest BCUT2D eigenvalue weighted by Crippen LogP contribution is 2.37. The highest BCUT2D eigenvalue weighted by molar-refractivity contribution is 6.01. The van der Waals surface area contributed by atoms with Crippen molar-refractivity contribution in [3.05, 3.63) is 65.8 Å². The lowest BCUT2D eigenvalue weighted by atomic mass is 10.1. The monoisotopic (exact) mass is 476 g/mol. The molecule has 0 aliphatic carbocycles. The van der Waals surface area contributed by atoms with E-state index in [-0.39, 0.29) is 28.8 Å². The number of rotatable bonds is 7. The molecule has 0 aliphatic rings. The summed E-state index contributed by atoms with van der Waals surface area (Å²) >= 11 is 0. The van der Waals surface area contributed by atoms with E-state index in [9.17, 15) is 22.4 Å². The summed E-state index contributed by atoms with van der Waals surface area (Å²) in [5.74, 6) is -2.11. The van der Waals surface area contributed by atoms with Crippen molar-refractivity contribution in [1.29, 1.82) is 0 Å². The second-order valence-corrected chi connectivity index (χ2v) is 7.06. The number of anilines is 5. The Kier molecular flexibility index (Phi) is 6.99. The van der Waals surface area contributed by atoms with E-state index in [4.69, 9.17) is 4.74 Å². The number of nitrogens with zero attached hydrogens (tertiary/aromatic N) is 3. The molecule has 178 valence electrons. The molecule has 0 unspecified atom stereocenters. The predicted octanol–water partition coefficient (Wildman–Crippen LogP) is 5.27. The minimum absolute atomic E-state index is 0.143. The first-order chi connectivity index (χ1) is 16.0. The van der Waals surface area contributed by atoms with Gasteiger partial charge in [-0.25, -0.2) is 14.4 Å². The van der Waals surface area contributed by atoms with Gasteiger partial charge in [0.15, 0.2) is 5.82 Å². The number of amides is 1. The van der Waals surface area contributed by atoms with Crippen LogP contribution in [-0.4, -0.2) is 28.0 Å². The molecule has 0 bridgehead atoms. The molecule has 2 heterocycles. The van der Waals surface area contributed by atoms with Crippen molar-refractivity contribution in [2.45, 2.75) is 20.0 Å². The Bertz CT molecular complexity index is 1250. The van der Waals surface area contributed by atoms with Gasteiger partial charge in [-0.15, -0.1) is 0 Å². The van der Waals surface area contributed by atoms with Crippen molar-refractivity contribution in [2.75, 3.05) is 23.1 Å². The summed E-state index contributed by atoms with van der Waals surface area (Å²) in [4.78, 5) is 23.5. The molecule has 3 rings (SSSR count). The number of carbonyl (C=O) groups is 1. The number of nitrogens with one attached hydrogen (secondary N) is 3. The third-order valence-electron chi connectivity index (χ3n) is 4.65. The summed E-state index contributed by atoms with van der Waals surface area (Å²) in [7, 11) is 1.42. The van der Waals surface area contributed by atoms with Crippen LogP contribution in [0.2, 0.25) is 0 Å². The van der Waals surface area contributed by atoms with Crippen LogP contribution in [0.3, 0.4) is 0 Å². The number of ether oxygens (including phenoxy) is 1. The van der Waals surface area contributed by atoms with Gasteiger partial charge in [-0.1, -0.05) is 12.6 Å². The maximum Gasteiger partial charge on any atom is 0.421 e. The number of methoxy groups -OCH3 is 1. The number of alkyl halides is 3. The molecule has 1 aromatic carbocycles. The molecule has 1 amide bonds. The van der Waals surface area contributed by atoms with E-state index in [1.165, 1.54) is 38.4 Å². The van der Waals surface area contributed by atoms with Crippen molar-refractivity contribution in [1.82, 2.24) is 15.0 Å². The number of hydrogen-bond donors (Lipinski definition) is 3. The average Bonchev–Trinajstić information content (AvgIpc) is 2.79. The average molecular weight is 476 g/mol. The highest BCUT2D eigenvalue weighted by atomic mass is 19.4. The molecule has 3 N–H and O–H groups in total. The molecule has 0 radical (unpaired) electrons. The van der Waals surface area contributed by atoms with E-state index in [0.717, 1.165) is 6.08 Å². The van der Waals surface area contributed by atoms with Gasteiger partial charge in [0, 0.05) is 18.5 Å². The second-order valence-electron chi connectivity index (χ2n) is 7.06. The van der Waals surface area contributed by atoms with Crippen molar-refractivity contribution in [2.24, 2.45) is 0 Å². The molecule has 8 nitrogen and oxygen atoms in total. The fourth-order valence-corrected chi connectivity index (χ4v) is 2.82. The van der Waals surface area contributed by atoms with Crippen molar-refractivity contribution in [3.63, 3.8) is 0 Å². The van der Waals surface area contributed by atoms with Crippen LogP contribution in [0.25, 0.3) is 0 Å². The Balaban J connectivity index is 2.06. The van der Waals surface area contributed by atoms with Crippen LogP contribution in [0.5, 0.6) is 5.88 Å². The predicted molar refractivity (Wildman–Crippen MR) is 119 cm³/mol. The van der Waals surface area contributed by atoms with Gasteiger partial charge in [-0.05, 0) is 37.1 Å². The van der Waals surface area contributed by atoms with Gasteiger partial charge in [0.25, 0.3) is 0 Å². The minimum atomic E-state index is -4.82. The van der Waals surface area contributed by atoms with Crippen molar-refractivity contribution < 1.29 is 27.1 Å². The van der Waals surface area contributed by atoms with Gasteiger partial charge >= 0.3 is 6.18 Å². The quantitative estimate of drug-likeness (QED) is 0.316. The Hall–Kier alpha value is -4.22. The summed E-state index contributed by atoms with van der Waals surface area (Å²) in [6.07, 6.45) is -1.80. The molecule has 12 heteroatoms. The molecule has 3 aromatic rings. The first-order valence-electron chi connectivity index (χ1n) is 9.75. The fourth-order valence-electron chi connectivity index (χ4n) is 2.82. The van der Waals surface area contributed by atoms with Crippen LogP contribution in [0, 0.1) is 19.7 Å². The van der Waals surface area contributed by atoms with Gasteiger partial charge in [0.05, 0.1) is 18.5 Å². The van der Waals surface area contributed by atoms with E-state index < -0.39 is 29.3 Å². The summed E-state index contributed by atoms with van der Waals surface area (Å²) in [5.41, 5.74) is -0.389. The number of aromatic nitrogens is 3. The Morgan fingerprint density at radius 3 is 2.47 bits per heavy atom. The van der Waals surface area contributed by atoms with E-state index in [0.29, 0.717) is 17.4 Å². The number of aryl methyl sites for hydroxylation is 2. The Morgan fingerprint density at radius 2 is 1.82 bits per heavy atom. The smallest absolute Gasteiger partial charge is 0.421 e. The maximum atomic E-state index is 14.7. The summed E-state index contributed by atoms with van der Waals surface area (Å²) in [6.45, 7) is 6.46. The zero-order chi connectivity index (χ0) is 25.0. The third kappa shape index (κ3) is 5.39. The zero-order valence-electron chi connectivity index (χ0n) is 18.3. The zero-order valence-corrected chi connectivity index (χ0v) is 18.3. The third-order valence-corrected chi connectivity index (χ3v) is 4.65.